The Bertz CT molecular complexity index is 408. The fourth-order valence-corrected chi connectivity index (χ4v) is 3.04. The van der Waals surface area contributed by atoms with Crippen LogP contribution in [0.4, 0.5) is 0 Å². The van der Waals surface area contributed by atoms with Gasteiger partial charge in [0.2, 0.25) is 0 Å². The third-order valence-corrected chi connectivity index (χ3v) is 4.25. The van der Waals surface area contributed by atoms with Crippen molar-refractivity contribution in [1.82, 2.24) is 4.98 Å². The van der Waals surface area contributed by atoms with Crippen molar-refractivity contribution in [3.05, 3.63) is 27.9 Å². The molecule has 0 saturated carbocycles. The summed E-state index contributed by atoms with van der Waals surface area (Å²) in [6.07, 6.45) is 0.789. The van der Waals surface area contributed by atoms with Crippen molar-refractivity contribution in [3.8, 4) is 10.6 Å². The van der Waals surface area contributed by atoms with Crippen LogP contribution in [0, 0.1) is 0 Å². The van der Waals surface area contributed by atoms with Crippen molar-refractivity contribution >= 4 is 22.7 Å². The highest BCUT2D eigenvalue weighted by molar-refractivity contribution is 7.14. The summed E-state index contributed by atoms with van der Waals surface area (Å²) in [6.45, 7) is 2.34. The summed E-state index contributed by atoms with van der Waals surface area (Å²) in [4.78, 5) is 5.81. The lowest BCUT2D eigenvalue weighted by Gasteiger charge is -2.03. The highest BCUT2D eigenvalue weighted by atomic mass is 32.1. The number of nitrogens with zero attached hydrogens (tertiary/aromatic N) is 1. The van der Waals surface area contributed by atoms with Crippen LogP contribution in [0.1, 0.15) is 24.3 Å². The monoisotopic (exact) mass is 239 g/mol. The summed E-state index contributed by atoms with van der Waals surface area (Å²) in [5.41, 5.74) is 1.06. The van der Waals surface area contributed by atoms with Gasteiger partial charge in [0.05, 0.1) is 15.6 Å². The standard InChI is InChI=1S/C11H13NOS2/c1-8(4-5-13)11-12-9(7-15-11)10-3-2-6-14-10/h2-3,6-8,13H,4-5H2,1H3. The summed E-state index contributed by atoms with van der Waals surface area (Å²) in [6, 6.07) is 4.12. The predicted molar refractivity (Wildman–Crippen MR) is 65.5 cm³/mol. The second kappa shape index (κ2) is 4.88. The molecule has 4 heteroatoms. The van der Waals surface area contributed by atoms with Gasteiger partial charge in [-0.2, -0.15) is 0 Å². The van der Waals surface area contributed by atoms with Gasteiger partial charge in [-0.3, -0.25) is 0 Å². The SMILES string of the molecule is CC(CCO)c1nc(-c2cccs2)cs1. The van der Waals surface area contributed by atoms with Crippen molar-refractivity contribution < 1.29 is 5.11 Å². The molecule has 0 spiro atoms. The molecule has 0 fully saturated rings. The first-order valence-electron chi connectivity index (χ1n) is 4.91. The zero-order valence-electron chi connectivity index (χ0n) is 8.51. The Morgan fingerprint density at radius 1 is 1.47 bits per heavy atom. The molecular formula is C11H13NOS2. The van der Waals surface area contributed by atoms with E-state index in [1.165, 1.54) is 4.88 Å². The minimum absolute atomic E-state index is 0.231. The molecule has 1 atom stereocenters. The van der Waals surface area contributed by atoms with Crippen LogP contribution in [-0.2, 0) is 0 Å². The minimum Gasteiger partial charge on any atom is -0.396 e. The zero-order chi connectivity index (χ0) is 10.7. The maximum Gasteiger partial charge on any atom is 0.0962 e. The topological polar surface area (TPSA) is 33.1 Å². The average molecular weight is 239 g/mol. The zero-order valence-corrected chi connectivity index (χ0v) is 10.1. The number of aromatic nitrogens is 1. The third-order valence-electron chi connectivity index (χ3n) is 2.28. The van der Waals surface area contributed by atoms with Crippen molar-refractivity contribution in [2.24, 2.45) is 0 Å². The van der Waals surface area contributed by atoms with E-state index in [4.69, 9.17) is 5.11 Å². The van der Waals surface area contributed by atoms with E-state index in [1.807, 2.05) is 6.07 Å². The van der Waals surface area contributed by atoms with Crippen molar-refractivity contribution in [3.63, 3.8) is 0 Å². The van der Waals surface area contributed by atoms with Gasteiger partial charge in [-0.15, -0.1) is 22.7 Å². The number of hydrogen-bond acceptors (Lipinski definition) is 4. The molecule has 0 radical (unpaired) electrons. The fraction of sp³-hybridized carbons (Fsp3) is 0.364. The number of aliphatic hydroxyl groups excluding tert-OH is 1. The fourth-order valence-electron chi connectivity index (χ4n) is 1.37. The molecule has 0 aliphatic heterocycles. The highest BCUT2D eigenvalue weighted by Crippen LogP contribution is 2.30. The first-order valence-corrected chi connectivity index (χ1v) is 6.67. The lowest BCUT2D eigenvalue weighted by molar-refractivity contribution is 0.278. The molecule has 1 unspecified atom stereocenters. The quantitative estimate of drug-likeness (QED) is 0.887. The number of thiophene rings is 1. The molecule has 2 rings (SSSR count). The van der Waals surface area contributed by atoms with Crippen LogP contribution in [-0.4, -0.2) is 16.7 Å². The van der Waals surface area contributed by atoms with E-state index >= 15 is 0 Å². The molecule has 0 aliphatic rings. The molecule has 2 nitrogen and oxygen atoms in total. The van der Waals surface area contributed by atoms with Gasteiger partial charge in [-0.1, -0.05) is 13.0 Å². The second-order valence-electron chi connectivity index (χ2n) is 3.46. The van der Waals surface area contributed by atoms with Crippen LogP contribution in [0.5, 0.6) is 0 Å². The normalized spacial score (nSPS) is 12.9. The number of aliphatic hydroxyl groups is 1. The Morgan fingerprint density at radius 2 is 2.33 bits per heavy atom. The number of rotatable bonds is 4. The molecule has 2 aromatic heterocycles. The van der Waals surface area contributed by atoms with Gasteiger partial charge in [0.1, 0.15) is 0 Å². The summed E-state index contributed by atoms with van der Waals surface area (Å²) < 4.78 is 0. The molecule has 0 amide bonds. The van der Waals surface area contributed by atoms with E-state index in [0.717, 1.165) is 17.1 Å². The van der Waals surface area contributed by atoms with Gasteiger partial charge >= 0.3 is 0 Å². The molecule has 2 heterocycles. The van der Waals surface area contributed by atoms with Gasteiger partial charge in [0.15, 0.2) is 0 Å². The summed E-state index contributed by atoms with van der Waals surface area (Å²) >= 11 is 3.39. The Balaban J connectivity index is 2.17. The van der Waals surface area contributed by atoms with E-state index in [1.54, 1.807) is 22.7 Å². The lowest BCUT2D eigenvalue weighted by atomic mass is 10.1. The van der Waals surface area contributed by atoms with Gasteiger partial charge in [-0.25, -0.2) is 4.98 Å². The highest BCUT2D eigenvalue weighted by Gasteiger charge is 2.11. The van der Waals surface area contributed by atoms with E-state index < -0.39 is 0 Å². The summed E-state index contributed by atoms with van der Waals surface area (Å²) in [5, 5.41) is 14.1. The molecular weight excluding hydrogens is 226 g/mol. The maximum absolute atomic E-state index is 8.87. The molecule has 0 aromatic carbocycles. The van der Waals surface area contributed by atoms with Crippen LogP contribution in [0.25, 0.3) is 10.6 Å². The van der Waals surface area contributed by atoms with E-state index in [9.17, 15) is 0 Å². The Labute approximate surface area is 97.2 Å². The van der Waals surface area contributed by atoms with Gasteiger partial charge < -0.3 is 5.11 Å². The largest absolute Gasteiger partial charge is 0.396 e. The van der Waals surface area contributed by atoms with Crippen LogP contribution in [0.15, 0.2) is 22.9 Å². The van der Waals surface area contributed by atoms with Crippen LogP contribution >= 0.6 is 22.7 Å². The van der Waals surface area contributed by atoms with E-state index in [-0.39, 0.29) is 6.61 Å². The Kier molecular flexibility index (Phi) is 3.51. The van der Waals surface area contributed by atoms with Crippen molar-refractivity contribution in [1.29, 1.82) is 0 Å². The van der Waals surface area contributed by atoms with Crippen LogP contribution in [0.2, 0.25) is 0 Å². The molecule has 15 heavy (non-hydrogen) atoms. The van der Waals surface area contributed by atoms with Gasteiger partial charge in [0, 0.05) is 17.9 Å². The van der Waals surface area contributed by atoms with Crippen LogP contribution < -0.4 is 0 Å². The molecule has 0 saturated heterocycles. The molecule has 2 aromatic rings. The number of hydrogen-bond donors (Lipinski definition) is 1. The maximum atomic E-state index is 8.87. The molecule has 0 aliphatic carbocycles. The van der Waals surface area contributed by atoms with E-state index in [2.05, 4.69) is 28.7 Å². The first-order chi connectivity index (χ1) is 7.31. The second-order valence-corrected chi connectivity index (χ2v) is 5.30. The molecule has 0 bridgehead atoms. The summed E-state index contributed by atoms with van der Waals surface area (Å²) in [7, 11) is 0. The van der Waals surface area contributed by atoms with Crippen LogP contribution in [0.3, 0.4) is 0 Å². The minimum atomic E-state index is 0.231. The lowest BCUT2D eigenvalue weighted by Crippen LogP contribution is -1.95. The molecule has 1 N–H and O–H groups in total. The first kappa shape index (κ1) is 10.8. The third kappa shape index (κ3) is 2.45. The Morgan fingerprint density at radius 3 is 3.00 bits per heavy atom. The average Bonchev–Trinajstić information content (AvgIpc) is 2.89. The Hall–Kier alpha value is -0.710. The van der Waals surface area contributed by atoms with Gasteiger partial charge in [0.25, 0.3) is 0 Å². The predicted octanol–water partition coefficient (Wildman–Crippen LogP) is 3.36. The number of thiazole rings is 1. The van der Waals surface area contributed by atoms with Crippen molar-refractivity contribution in [2.45, 2.75) is 19.3 Å². The molecule has 80 valence electrons. The smallest absolute Gasteiger partial charge is 0.0962 e. The van der Waals surface area contributed by atoms with Gasteiger partial charge in [-0.05, 0) is 17.9 Å². The van der Waals surface area contributed by atoms with Crippen molar-refractivity contribution in [2.75, 3.05) is 6.61 Å². The summed E-state index contributed by atoms with van der Waals surface area (Å²) in [5.74, 6) is 0.355. The van der Waals surface area contributed by atoms with E-state index in [0.29, 0.717) is 5.92 Å².